The van der Waals surface area contributed by atoms with E-state index in [2.05, 4.69) is 11.9 Å². The van der Waals surface area contributed by atoms with Gasteiger partial charge in [0.1, 0.15) is 6.04 Å². The number of halogens is 3. The normalized spacial score (nSPS) is 13.2. The molecule has 1 amide bonds. The van der Waals surface area contributed by atoms with E-state index in [0.29, 0.717) is 6.42 Å². The largest absolute Gasteiger partial charge is 0.480 e. The third-order valence-electron chi connectivity index (χ3n) is 3.74. The van der Waals surface area contributed by atoms with Crippen molar-refractivity contribution in [2.75, 3.05) is 0 Å². The third kappa shape index (κ3) is 4.84. The first-order valence-electron chi connectivity index (χ1n) is 7.32. The van der Waals surface area contributed by atoms with Crippen molar-refractivity contribution in [1.82, 2.24) is 5.32 Å². The Morgan fingerprint density at radius 1 is 1.29 bits per heavy atom. The van der Waals surface area contributed by atoms with E-state index in [1.54, 1.807) is 0 Å². The van der Waals surface area contributed by atoms with Gasteiger partial charge in [-0.05, 0) is 38.3 Å². The highest BCUT2D eigenvalue weighted by Crippen LogP contribution is 2.33. The smallest absolute Gasteiger partial charge is 0.416 e. The van der Waals surface area contributed by atoms with Crippen molar-refractivity contribution in [2.24, 2.45) is 0 Å². The van der Waals surface area contributed by atoms with Gasteiger partial charge in [0, 0.05) is 0 Å². The van der Waals surface area contributed by atoms with Gasteiger partial charge in [0.15, 0.2) is 0 Å². The lowest BCUT2D eigenvalue weighted by atomic mass is 9.82. The molecule has 0 aliphatic carbocycles. The van der Waals surface area contributed by atoms with Gasteiger partial charge < -0.3 is 10.4 Å². The molecule has 0 saturated carbocycles. The summed E-state index contributed by atoms with van der Waals surface area (Å²) in [6.07, 6.45) is -2.44. The molecule has 1 aromatic carbocycles. The molecule has 1 unspecified atom stereocenters. The Bertz CT molecular complexity index is 624. The van der Waals surface area contributed by atoms with Crippen LogP contribution in [0.15, 0.2) is 36.9 Å². The SMILES string of the molecule is C=CCCC(NC(=O)C(C)(C)c1cccc(C(F)(F)F)c1)C(=O)O. The summed E-state index contributed by atoms with van der Waals surface area (Å²) < 4.78 is 38.5. The predicted molar refractivity (Wildman–Crippen MR) is 83.5 cm³/mol. The highest BCUT2D eigenvalue weighted by Gasteiger charge is 2.36. The fraction of sp³-hybridized carbons (Fsp3) is 0.412. The zero-order valence-electron chi connectivity index (χ0n) is 13.5. The number of hydrogen-bond acceptors (Lipinski definition) is 2. The van der Waals surface area contributed by atoms with Crippen LogP contribution in [-0.4, -0.2) is 23.0 Å². The quantitative estimate of drug-likeness (QED) is 0.745. The molecular weight excluding hydrogens is 323 g/mol. The van der Waals surface area contributed by atoms with Gasteiger partial charge in [0.05, 0.1) is 11.0 Å². The summed E-state index contributed by atoms with van der Waals surface area (Å²) in [6, 6.07) is 3.33. The van der Waals surface area contributed by atoms with Crippen molar-refractivity contribution < 1.29 is 27.9 Å². The predicted octanol–water partition coefficient (Wildman–Crippen LogP) is 3.52. The molecule has 0 radical (unpaired) electrons. The van der Waals surface area contributed by atoms with E-state index in [1.807, 2.05) is 0 Å². The molecule has 0 aromatic heterocycles. The van der Waals surface area contributed by atoms with Crippen molar-refractivity contribution in [3.8, 4) is 0 Å². The molecule has 4 nitrogen and oxygen atoms in total. The number of rotatable bonds is 7. The molecule has 0 spiro atoms. The van der Waals surface area contributed by atoms with Crippen LogP contribution >= 0.6 is 0 Å². The summed E-state index contributed by atoms with van der Waals surface area (Å²) in [6.45, 7) is 6.39. The highest BCUT2D eigenvalue weighted by molar-refractivity contribution is 5.90. The molecule has 2 N–H and O–H groups in total. The number of carboxylic acid groups (broad SMARTS) is 1. The maximum Gasteiger partial charge on any atom is 0.416 e. The molecule has 1 atom stereocenters. The average Bonchev–Trinajstić information content (AvgIpc) is 2.50. The Kier molecular flexibility index (Phi) is 6.17. The number of carbonyl (C=O) groups excluding carboxylic acids is 1. The molecule has 1 rings (SSSR count). The molecule has 0 aliphatic heterocycles. The fourth-order valence-electron chi connectivity index (χ4n) is 2.10. The number of amides is 1. The summed E-state index contributed by atoms with van der Waals surface area (Å²) in [5.74, 6) is -1.86. The number of nitrogens with one attached hydrogen (secondary N) is 1. The zero-order valence-corrected chi connectivity index (χ0v) is 13.5. The Morgan fingerprint density at radius 2 is 1.88 bits per heavy atom. The Hall–Kier alpha value is -2.31. The summed E-state index contributed by atoms with van der Waals surface area (Å²) in [5.41, 5.74) is -2.02. The van der Waals surface area contributed by atoms with Crippen LogP contribution in [-0.2, 0) is 21.2 Å². The van der Waals surface area contributed by atoms with E-state index < -0.39 is 35.1 Å². The van der Waals surface area contributed by atoms with E-state index in [9.17, 15) is 22.8 Å². The van der Waals surface area contributed by atoms with Gasteiger partial charge in [0.25, 0.3) is 0 Å². The monoisotopic (exact) mass is 343 g/mol. The summed E-state index contributed by atoms with van der Waals surface area (Å²) in [5, 5.41) is 11.5. The Morgan fingerprint density at radius 3 is 2.38 bits per heavy atom. The lowest BCUT2D eigenvalue weighted by molar-refractivity contribution is -0.142. The molecule has 0 aliphatic rings. The van der Waals surface area contributed by atoms with Crippen LogP contribution in [0.3, 0.4) is 0 Å². The first-order chi connectivity index (χ1) is 11.0. The first kappa shape index (κ1) is 19.7. The number of carbonyl (C=O) groups is 2. The van der Waals surface area contributed by atoms with E-state index >= 15 is 0 Å². The van der Waals surface area contributed by atoms with Crippen molar-refractivity contribution in [3.63, 3.8) is 0 Å². The summed E-state index contributed by atoms with van der Waals surface area (Å²) in [7, 11) is 0. The molecule has 0 fully saturated rings. The lowest BCUT2D eigenvalue weighted by Gasteiger charge is -2.27. The molecule has 132 valence electrons. The maximum absolute atomic E-state index is 12.8. The molecule has 7 heteroatoms. The average molecular weight is 343 g/mol. The van der Waals surface area contributed by atoms with E-state index in [-0.39, 0.29) is 12.0 Å². The van der Waals surface area contributed by atoms with Gasteiger partial charge in [-0.1, -0.05) is 24.3 Å². The van der Waals surface area contributed by atoms with Crippen molar-refractivity contribution in [3.05, 3.63) is 48.0 Å². The summed E-state index contributed by atoms with van der Waals surface area (Å²) >= 11 is 0. The fourth-order valence-corrected chi connectivity index (χ4v) is 2.10. The van der Waals surface area contributed by atoms with Gasteiger partial charge in [-0.2, -0.15) is 13.2 Å². The van der Waals surface area contributed by atoms with Crippen molar-refractivity contribution >= 4 is 11.9 Å². The Labute approximate surface area is 138 Å². The van der Waals surface area contributed by atoms with E-state index in [4.69, 9.17) is 5.11 Å². The van der Waals surface area contributed by atoms with Crippen LogP contribution in [0.2, 0.25) is 0 Å². The number of benzene rings is 1. The van der Waals surface area contributed by atoms with Gasteiger partial charge in [-0.15, -0.1) is 6.58 Å². The topological polar surface area (TPSA) is 66.4 Å². The molecule has 1 aromatic rings. The first-order valence-corrected chi connectivity index (χ1v) is 7.32. The number of aliphatic carboxylic acids is 1. The molecule has 0 saturated heterocycles. The van der Waals surface area contributed by atoms with E-state index in [0.717, 1.165) is 12.1 Å². The standard InChI is InChI=1S/C17H20F3NO3/c1-4-5-9-13(14(22)23)21-15(24)16(2,3)11-7-6-8-12(10-11)17(18,19)20/h4,6-8,10,13H,1,5,9H2,2-3H3,(H,21,24)(H,22,23). The second-order valence-electron chi connectivity index (χ2n) is 5.93. The van der Waals surface area contributed by atoms with Crippen LogP contribution in [0.4, 0.5) is 13.2 Å². The van der Waals surface area contributed by atoms with Crippen LogP contribution < -0.4 is 5.32 Å². The number of allylic oxidation sites excluding steroid dienone is 1. The zero-order chi connectivity index (χ0) is 18.5. The van der Waals surface area contributed by atoms with Crippen molar-refractivity contribution in [1.29, 1.82) is 0 Å². The minimum atomic E-state index is -4.52. The van der Waals surface area contributed by atoms with Crippen LogP contribution in [0.1, 0.15) is 37.8 Å². The van der Waals surface area contributed by atoms with Crippen LogP contribution in [0.5, 0.6) is 0 Å². The lowest BCUT2D eigenvalue weighted by Crippen LogP contribution is -2.48. The summed E-state index contributed by atoms with van der Waals surface area (Å²) in [4.78, 5) is 23.6. The minimum Gasteiger partial charge on any atom is -0.480 e. The van der Waals surface area contributed by atoms with Gasteiger partial charge in [0.2, 0.25) is 5.91 Å². The minimum absolute atomic E-state index is 0.155. The third-order valence-corrected chi connectivity index (χ3v) is 3.74. The van der Waals surface area contributed by atoms with Gasteiger partial charge in [-0.25, -0.2) is 4.79 Å². The Balaban J connectivity index is 3.03. The van der Waals surface area contributed by atoms with Crippen LogP contribution in [0.25, 0.3) is 0 Å². The molecular formula is C17H20F3NO3. The molecule has 24 heavy (non-hydrogen) atoms. The van der Waals surface area contributed by atoms with Gasteiger partial charge in [-0.3, -0.25) is 4.79 Å². The maximum atomic E-state index is 12.8. The van der Waals surface area contributed by atoms with Crippen molar-refractivity contribution in [2.45, 2.75) is 44.3 Å². The number of hydrogen-bond donors (Lipinski definition) is 2. The molecule has 0 bridgehead atoms. The van der Waals surface area contributed by atoms with Crippen LogP contribution in [0, 0.1) is 0 Å². The van der Waals surface area contributed by atoms with Gasteiger partial charge >= 0.3 is 12.1 Å². The highest BCUT2D eigenvalue weighted by atomic mass is 19.4. The second-order valence-corrected chi connectivity index (χ2v) is 5.93. The molecule has 0 heterocycles. The number of carboxylic acids is 1. The number of alkyl halides is 3. The van der Waals surface area contributed by atoms with E-state index in [1.165, 1.54) is 32.1 Å². The second kappa shape index (κ2) is 7.51.